The van der Waals surface area contributed by atoms with E-state index >= 15 is 0 Å². The van der Waals surface area contributed by atoms with E-state index in [1.54, 1.807) is 0 Å². The largest absolute Gasteiger partial charge is 0.440 e. The molecule has 0 unspecified atom stereocenters. The molecular weight excluding hydrogens is 126 g/mol. The van der Waals surface area contributed by atoms with Crippen LogP contribution < -0.4 is 0 Å². The normalized spacial score (nSPS) is 10.5. The van der Waals surface area contributed by atoms with E-state index in [0.29, 0.717) is 0 Å². The first-order valence-electron chi connectivity index (χ1n) is 2.97. The number of hydrogen-bond acceptors (Lipinski definition) is 2. The molecule has 0 aliphatic heterocycles. The van der Waals surface area contributed by atoms with Crippen molar-refractivity contribution in [2.45, 2.75) is 0 Å². The van der Waals surface area contributed by atoms with Crippen LogP contribution in [0.4, 0.5) is 0 Å². The number of fused-ring (bicyclic) bond motifs is 1. The molecule has 0 saturated carbocycles. The van der Waals surface area contributed by atoms with E-state index in [-0.39, 0.29) is 5.89 Å². The van der Waals surface area contributed by atoms with Crippen LogP contribution in [0.1, 0.15) is 5.89 Å². The van der Waals surface area contributed by atoms with Crippen LogP contribution >= 0.6 is 0 Å². The van der Waals surface area contributed by atoms with Crippen LogP contribution in [0.3, 0.4) is 0 Å². The number of hydrogen-bond donors (Lipinski definition) is 0. The highest BCUT2D eigenvalue weighted by Crippen LogP contribution is 2.12. The highest BCUT2D eigenvalue weighted by Gasteiger charge is 1.97. The summed E-state index contributed by atoms with van der Waals surface area (Å²) in [5.74, 6) is 0.223. The summed E-state index contributed by atoms with van der Waals surface area (Å²) in [5.41, 5.74) is 1.54. The molecule has 2 heteroatoms. The van der Waals surface area contributed by atoms with Gasteiger partial charge in [0.2, 0.25) is 0 Å². The Labute approximate surface area is 58.5 Å². The topological polar surface area (TPSA) is 26.0 Å². The molecule has 1 heterocycles. The summed E-state index contributed by atoms with van der Waals surface area (Å²) in [7, 11) is 0. The number of benzene rings is 1. The van der Waals surface area contributed by atoms with Gasteiger partial charge >= 0.3 is 0 Å². The van der Waals surface area contributed by atoms with Gasteiger partial charge in [-0.15, -0.1) is 0 Å². The van der Waals surface area contributed by atoms with E-state index in [9.17, 15) is 0 Å². The van der Waals surface area contributed by atoms with Gasteiger partial charge in [0, 0.05) is 0 Å². The highest BCUT2D eigenvalue weighted by molar-refractivity contribution is 5.72. The van der Waals surface area contributed by atoms with E-state index in [1.807, 2.05) is 24.3 Å². The number of nitrogens with zero attached hydrogens (tertiary/aromatic N) is 1. The molecule has 10 heavy (non-hydrogen) atoms. The van der Waals surface area contributed by atoms with E-state index in [2.05, 4.69) is 4.98 Å². The zero-order valence-electron chi connectivity index (χ0n) is 5.24. The van der Waals surface area contributed by atoms with Crippen molar-refractivity contribution >= 4 is 11.1 Å². The minimum atomic E-state index is 0.223. The Balaban J connectivity index is 2.88. The maximum atomic E-state index is 5.31. The van der Waals surface area contributed by atoms with Gasteiger partial charge in [-0.25, -0.2) is 4.98 Å². The number of aromatic nitrogens is 1. The van der Waals surface area contributed by atoms with E-state index in [4.69, 9.17) is 11.3 Å². The summed E-state index contributed by atoms with van der Waals surface area (Å²) in [6, 6.07) is 7.46. The molecule has 0 bridgehead atoms. The molecule has 1 aromatic carbocycles. The van der Waals surface area contributed by atoms with Gasteiger partial charge in [0.25, 0.3) is 0 Å². The fourth-order valence-electron chi connectivity index (χ4n) is 0.890. The summed E-state index contributed by atoms with van der Waals surface area (Å²) in [5, 5.41) is 0. The summed E-state index contributed by atoms with van der Waals surface area (Å²) in [4.78, 5) is 3.92. The third-order valence-corrected chi connectivity index (χ3v) is 1.31. The van der Waals surface area contributed by atoms with E-state index in [1.165, 1.54) is 0 Å². The Morgan fingerprint density at radius 1 is 1.30 bits per heavy atom. The maximum Gasteiger partial charge on any atom is 0.200 e. The zero-order chi connectivity index (χ0) is 6.97. The number of oxazole rings is 1. The minimum absolute atomic E-state index is 0.223. The fraction of sp³-hybridized carbons (Fsp3) is 0. The summed E-state index contributed by atoms with van der Waals surface area (Å²) >= 11 is 0. The predicted molar refractivity (Wildman–Crippen MR) is 37.4 cm³/mol. The molecule has 0 saturated heterocycles. The molecule has 2 radical (unpaired) electrons. The number of para-hydroxylation sites is 2. The molecule has 2 rings (SSSR count). The Hall–Kier alpha value is -1.31. The Morgan fingerprint density at radius 3 is 2.90 bits per heavy atom. The lowest BCUT2D eigenvalue weighted by atomic mass is 10.3. The molecule has 0 aliphatic rings. The molecular formula is C8H5NO. The molecule has 0 fully saturated rings. The lowest BCUT2D eigenvalue weighted by Crippen LogP contribution is -1.65. The van der Waals surface area contributed by atoms with Crippen molar-refractivity contribution in [3.05, 3.63) is 37.1 Å². The molecule has 0 amide bonds. The second-order valence-electron chi connectivity index (χ2n) is 2.02. The zero-order valence-corrected chi connectivity index (χ0v) is 5.24. The Kier molecular flexibility index (Phi) is 1.01. The SMILES string of the molecule is [CH]c1nc2ccccc2o1. The van der Waals surface area contributed by atoms with Crippen LogP contribution in [0.25, 0.3) is 11.1 Å². The molecule has 0 aliphatic carbocycles. The standard InChI is InChI=1S/C8H5NO/c1-6-9-7-4-2-3-5-8(7)10-6/h1-5H. The molecule has 2 nitrogen and oxygen atoms in total. The Bertz CT molecular complexity index is 318. The van der Waals surface area contributed by atoms with Gasteiger partial charge in [-0.1, -0.05) is 12.1 Å². The molecule has 0 N–H and O–H groups in total. The van der Waals surface area contributed by atoms with Crippen molar-refractivity contribution in [2.75, 3.05) is 0 Å². The van der Waals surface area contributed by atoms with Crippen LogP contribution in [0.5, 0.6) is 0 Å². The Morgan fingerprint density at radius 2 is 2.10 bits per heavy atom. The monoisotopic (exact) mass is 131 g/mol. The van der Waals surface area contributed by atoms with Crippen molar-refractivity contribution in [1.82, 2.24) is 4.98 Å². The van der Waals surface area contributed by atoms with Crippen molar-refractivity contribution in [1.29, 1.82) is 0 Å². The lowest BCUT2D eigenvalue weighted by Gasteiger charge is -1.79. The van der Waals surface area contributed by atoms with Crippen LogP contribution in [0.15, 0.2) is 28.7 Å². The van der Waals surface area contributed by atoms with Gasteiger partial charge < -0.3 is 4.42 Å². The summed E-state index contributed by atoms with van der Waals surface area (Å²) < 4.78 is 5.03. The molecule has 0 spiro atoms. The number of rotatable bonds is 0. The highest BCUT2D eigenvalue weighted by atomic mass is 16.3. The van der Waals surface area contributed by atoms with Crippen LogP contribution in [-0.4, -0.2) is 4.98 Å². The van der Waals surface area contributed by atoms with Gasteiger partial charge in [-0.05, 0) is 12.1 Å². The van der Waals surface area contributed by atoms with Gasteiger partial charge in [0.1, 0.15) is 5.52 Å². The van der Waals surface area contributed by atoms with E-state index in [0.717, 1.165) is 11.1 Å². The fourth-order valence-corrected chi connectivity index (χ4v) is 0.890. The maximum absolute atomic E-state index is 5.31. The van der Waals surface area contributed by atoms with Gasteiger partial charge in [-0.2, -0.15) is 0 Å². The first-order valence-corrected chi connectivity index (χ1v) is 2.97. The quantitative estimate of drug-likeness (QED) is 0.545. The lowest BCUT2D eigenvalue weighted by molar-refractivity contribution is 0.579. The summed E-state index contributed by atoms with van der Waals surface area (Å²) in [6.07, 6.45) is 0. The van der Waals surface area contributed by atoms with Crippen LogP contribution in [0, 0.1) is 6.92 Å². The minimum Gasteiger partial charge on any atom is -0.440 e. The van der Waals surface area contributed by atoms with Crippen molar-refractivity contribution in [2.24, 2.45) is 0 Å². The van der Waals surface area contributed by atoms with Crippen molar-refractivity contribution in [3.8, 4) is 0 Å². The first-order chi connectivity index (χ1) is 4.86. The van der Waals surface area contributed by atoms with Gasteiger partial charge in [0.15, 0.2) is 11.5 Å². The molecule has 2 aromatic rings. The smallest absolute Gasteiger partial charge is 0.200 e. The van der Waals surface area contributed by atoms with Crippen molar-refractivity contribution < 1.29 is 4.42 Å². The second-order valence-corrected chi connectivity index (χ2v) is 2.02. The van der Waals surface area contributed by atoms with Crippen LogP contribution in [0.2, 0.25) is 0 Å². The third-order valence-electron chi connectivity index (χ3n) is 1.31. The average molecular weight is 131 g/mol. The first kappa shape index (κ1) is 5.47. The van der Waals surface area contributed by atoms with Crippen LogP contribution in [-0.2, 0) is 0 Å². The average Bonchev–Trinajstić information content (AvgIpc) is 2.27. The van der Waals surface area contributed by atoms with Gasteiger partial charge in [-0.3, -0.25) is 0 Å². The van der Waals surface area contributed by atoms with Crippen molar-refractivity contribution in [3.63, 3.8) is 0 Å². The van der Waals surface area contributed by atoms with Gasteiger partial charge in [0.05, 0.1) is 6.92 Å². The third kappa shape index (κ3) is 0.692. The molecule has 1 aromatic heterocycles. The molecule has 0 atom stereocenters. The second kappa shape index (κ2) is 1.84. The molecule has 48 valence electrons. The summed E-state index contributed by atoms with van der Waals surface area (Å²) in [6.45, 7) is 5.31. The predicted octanol–water partition coefficient (Wildman–Crippen LogP) is 1.89. The van der Waals surface area contributed by atoms with E-state index < -0.39 is 0 Å².